The average molecular weight is 350 g/mol. The third-order valence-electron chi connectivity index (χ3n) is 3.93. The predicted octanol–water partition coefficient (Wildman–Crippen LogP) is 6.44. The fraction of sp³-hybridized carbons (Fsp3) is 0.294. The molecule has 0 bridgehead atoms. The molecule has 1 atom stereocenters. The molecule has 0 aliphatic rings. The minimum atomic E-state index is -5.55. The summed E-state index contributed by atoms with van der Waals surface area (Å²) in [4.78, 5) is 0. The van der Waals surface area contributed by atoms with E-state index in [1.807, 2.05) is 13.8 Å². The van der Waals surface area contributed by atoms with Crippen molar-refractivity contribution in [1.29, 1.82) is 0 Å². The van der Waals surface area contributed by atoms with E-state index in [1.54, 1.807) is 0 Å². The second kappa shape index (κ2) is 6.45. The molecule has 0 radical (unpaired) electrons. The first-order valence-electron chi connectivity index (χ1n) is 7.13. The summed E-state index contributed by atoms with van der Waals surface area (Å²) in [6, 6.07) is 5.45. The van der Waals surface area contributed by atoms with Crippen LogP contribution >= 0.6 is 0 Å². The molecule has 0 aromatic heterocycles. The van der Waals surface area contributed by atoms with E-state index < -0.39 is 40.6 Å². The summed E-state index contributed by atoms with van der Waals surface area (Å²) in [5.41, 5.74) is -3.15. The summed E-state index contributed by atoms with van der Waals surface area (Å²) in [6.07, 6.45) is -4.75. The van der Waals surface area contributed by atoms with E-state index in [0.29, 0.717) is 0 Å². The normalized spacial score (nSPS) is 13.2. The Morgan fingerprint density at radius 3 is 1.67 bits per heavy atom. The third kappa shape index (κ3) is 3.12. The third-order valence-corrected chi connectivity index (χ3v) is 3.93. The van der Waals surface area contributed by atoms with E-state index in [0.717, 1.165) is 12.0 Å². The van der Waals surface area contributed by atoms with Crippen LogP contribution in [0.25, 0.3) is 11.1 Å². The van der Waals surface area contributed by atoms with Crippen LogP contribution < -0.4 is 0 Å². The zero-order valence-corrected chi connectivity index (χ0v) is 12.7. The number of halogens is 7. The fourth-order valence-corrected chi connectivity index (χ4v) is 2.35. The molecule has 0 saturated carbocycles. The van der Waals surface area contributed by atoms with Gasteiger partial charge >= 0.3 is 6.18 Å². The van der Waals surface area contributed by atoms with Gasteiger partial charge in [-0.3, -0.25) is 0 Å². The minimum Gasteiger partial charge on any atom is -0.203 e. The van der Waals surface area contributed by atoms with Crippen molar-refractivity contribution in [2.45, 2.75) is 32.4 Å². The van der Waals surface area contributed by atoms with Crippen LogP contribution in [0, 0.1) is 23.3 Å². The van der Waals surface area contributed by atoms with Crippen LogP contribution in [-0.2, 0) is 6.18 Å². The van der Waals surface area contributed by atoms with Crippen molar-refractivity contribution in [3.05, 3.63) is 58.7 Å². The number of benzene rings is 2. The van der Waals surface area contributed by atoms with Crippen LogP contribution in [0.3, 0.4) is 0 Å². The number of hydrogen-bond acceptors (Lipinski definition) is 0. The van der Waals surface area contributed by atoms with Gasteiger partial charge in [0.25, 0.3) is 0 Å². The topological polar surface area (TPSA) is 0 Å². The van der Waals surface area contributed by atoms with Crippen molar-refractivity contribution in [2.75, 3.05) is 0 Å². The molecule has 0 fully saturated rings. The minimum absolute atomic E-state index is 0.148. The molecule has 0 nitrogen and oxygen atoms in total. The molecule has 1 unspecified atom stereocenters. The number of alkyl halides is 3. The molecule has 0 heterocycles. The molecule has 24 heavy (non-hydrogen) atoms. The Morgan fingerprint density at radius 1 is 0.833 bits per heavy atom. The largest absolute Gasteiger partial charge is 0.422 e. The molecular formula is C17H13F7. The van der Waals surface area contributed by atoms with Crippen LogP contribution in [0.15, 0.2) is 24.3 Å². The molecule has 0 aliphatic heterocycles. The van der Waals surface area contributed by atoms with Crippen molar-refractivity contribution < 1.29 is 30.7 Å². The van der Waals surface area contributed by atoms with E-state index in [-0.39, 0.29) is 11.5 Å². The maximum absolute atomic E-state index is 14.0. The van der Waals surface area contributed by atoms with Crippen molar-refractivity contribution >= 4 is 0 Å². The lowest BCUT2D eigenvalue weighted by Crippen LogP contribution is -2.16. The highest BCUT2D eigenvalue weighted by Gasteiger charge is 2.42. The number of rotatable bonds is 3. The van der Waals surface area contributed by atoms with E-state index in [1.165, 1.54) is 24.3 Å². The van der Waals surface area contributed by atoms with Gasteiger partial charge in [0.05, 0.1) is 5.56 Å². The van der Waals surface area contributed by atoms with Gasteiger partial charge in [-0.15, -0.1) is 0 Å². The molecular weight excluding hydrogens is 337 g/mol. The maximum Gasteiger partial charge on any atom is 0.422 e. The lowest BCUT2D eigenvalue weighted by Gasteiger charge is -2.15. The predicted molar refractivity (Wildman–Crippen MR) is 75.4 cm³/mol. The Bertz CT molecular complexity index is 716. The van der Waals surface area contributed by atoms with E-state index in [9.17, 15) is 30.7 Å². The molecule has 2 aromatic rings. The van der Waals surface area contributed by atoms with Crippen molar-refractivity contribution in [3.63, 3.8) is 0 Å². The highest BCUT2D eigenvalue weighted by molar-refractivity contribution is 5.66. The molecule has 0 N–H and O–H groups in total. The Morgan fingerprint density at radius 2 is 1.29 bits per heavy atom. The zero-order valence-electron chi connectivity index (χ0n) is 12.7. The van der Waals surface area contributed by atoms with Gasteiger partial charge in [0.2, 0.25) is 0 Å². The molecule has 0 spiro atoms. The summed E-state index contributed by atoms with van der Waals surface area (Å²) < 4.78 is 92.9. The van der Waals surface area contributed by atoms with E-state index in [4.69, 9.17) is 0 Å². The standard InChI is InChI=1S/C17H13F7/c1-3-8(2)9-4-6-10(7-5-9)11-13(18)15(20)12(17(22,23)24)16(21)14(11)19/h4-8H,3H2,1-2H3. The van der Waals surface area contributed by atoms with Gasteiger partial charge in [-0.1, -0.05) is 38.1 Å². The monoisotopic (exact) mass is 350 g/mol. The van der Waals surface area contributed by atoms with Gasteiger partial charge in [-0.2, -0.15) is 13.2 Å². The summed E-state index contributed by atoms with van der Waals surface area (Å²) in [6.45, 7) is 3.84. The first-order valence-corrected chi connectivity index (χ1v) is 7.13. The number of hydrogen-bond donors (Lipinski definition) is 0. The molecule has 0 amide bonds. The van der Waals surface area contributed by atoms with Gasteiger partial charge in [0.15, 0.2) is 23.3 Å². The van der Waals surface area contributed by atoms with Crippen molar-refractivity contribution in [2.24, 2.45) is 0 Å². The Labute approximate surface area is 133 Å². The SMILES string of the molecule is CCC(C)c1ccc(-c2c(F)c(F)c(C(F)(F)F)c(F)c2F)cc1. The lowest BCUT2D eigenvalue weighted by atomic mass is 9.95. The van der Waals surface area contributed by atoms with Crippen molar-refractivity contribution in [1.82, 2.24) is 0 Å². The fourth-order valence-electron chi connectivity index (χ4n) is 2.35. The summed E-state index contributed by atoms with van der Waals surface area (Å²) in [5, 5.41) is 0. The van der Waals surface area contributed by atoms with Gasteiger partial charge in [0, 0.05) is 0 Å². The summed E-state index contributed by atoms with van der Waals surface area (Å²) in [5.74, 6) is -8.91. The maximum atomic E-state index is 14.0. The first-order chi connectivity index (χ1) is 11.1. The lowest BCUT2D eigenvalue weighted by molar-refractivity contribution is -0.143. The molecule has 0 aliphatic carbocycles. The highest BCUT2D eigenvalue weighted by atomic mass is 19.4. The smallest absolute Gasteiger partial charge is 0.203 e. The molecule has 7 heteroatoms. The summed E-state index contributed by atoms with van der Waals surface area (Å²) >= 11 is 0. The average Bonchev–Trinajstić information content (AvgIpc) is 2.52. The quantitative estimate of drug-likeness (QED) is 0.441. The molecule has 130 valence electrons. The van der Waals surface area contributed by atoms with Crippen LogP contribution in [0.5, 0.6) is 0 Å². The second-order valence-electron chi connectivity index (χ2n) is 5.43. The Balaban J connectivity index is 2.64. The van der Waals surface area contributed by atoms with Gasteiger partial charge in [-0.25, -0.2) is 17.6 Å². The van der Waals surface area contributed by atoms with E-state index >= 15 is 0 Å². The van der Waals surface area contributed by atoms with Crippen LogP contribution in [0.1, 0.15) is 37.3 Å². The zero-order chi connectivity index (χ0) is 18.2. The van der Waals surface area contributed by atoms with Gasteiger partial charge in [0.1, 0.15) is 5.56 Å². The summed E-state index contributed by atoms with van der Waals surface area (Å²) in [7, 11) is 0. The molecule has 0 saturated heterocycles. The van der Waals surface area contributed by atoms with Gasteiger partial charge in [-0.05, 0) is 23.5 Å². The Kier molecular flexibility index (Phi) is 4.92. The van der Waals surface area contributed by atoms with Crippen molar-refractivity contribution in [3.8, 4) is 11.1 Å². The van der Waals surface area contributed by atoms with Crippen LogP contribution in [0.4, 0.5) is 30.7 Å². The van der Waals surface area contributed by atoms with Gasteiger partial charge < -0.3 is 0 Å². The highest BCUT2D eigenvalue weighted by Crippen LogP contribution is 2.40. The van der Waals surface area contributed by atoms with Crippen LogP contribution in [-0.4, -0.2) is 0 Å². The molecule has 2 aromatic carbocycles. The second-order valence-corrected chi connectivity index (χ2v) is 5.43. The Hall–Kier alpha value is -2.05. The first kappa shape index (κ1) is 18.3. The van der Waals surface area contributed by atoms with E-state index in [2.05, 4.69) is 0 Å². The molecule has 2 rings (SSSR count). The van der Waals surface area contributed by atoms with Crippen LogP contribution in [0.2, 0.25) is 0 Å².